The largest absolute Gasteiger partial charge is 0.497 e. The second-order valence-electron chi connectivity index (χ2n) is 7.49. The molecular formula is C23H31N3O2. The number of carbonyl (C=O) groups excluding carboxylic acids is 1. The number of methoxy groups -OCH3 is 1. The van der Waals surface area contributed by atoms with Crippen molar-refractivity contribution in [1.82, 2.24) is 14.8 Å². The van der Waals surface area contributed by atoms with Crippen molar-refractivity contribution >= 4 is 5.91 Å². The molecule has 5 heteroatoms. The maximum atomic E-state index is 12.8. The van der Waals surface area contributed by atoms with E-state index in [1.165, 1.54) is 18.4 Å². The minimum atomic E-state index is 0.110. The van der Waals surface area contributed by atoms with Gasteiger partial charge in [0, 0.05) is 44.1 Å². The zero-order chi connectivity index (χ0) is 19.8. The molecule has 1 aliphatic rings. The van der Waals surface area contributed by atoms with Gasteiger partial charge < -0.3 is 14.5 Å². The van der Waals surface area contributed by atoms with Crippen LogP contribution in [0.15, 0.2) is 48.8 Å². The van der Waals surface area contributed by atoms with E-state index in [1.807, 2.05) is 11.0 Å². The van der Waals surface area contributed by atoms with Crippen molar-refractivity contribution < 1.29 is 9.53 Å². The van der Waals surface area contributed by atoms with Crippen molar-refractivity contribution in [2.75, 3.05) is 39.8 Å². The number of aromatic nitrogens is 1. The molecule has 0 aliphatic carbocycles. The first kappa shape index (κ1) is 20.3. The zero-order valence-electron chi connectivity index (χ0n) is 17.0. The van der Waals surface area contributed by atoms with E-state index < -0.39 is 0 Å². The highest BCUT2D eigenvalue weighted by Gasteiger charge is 2.24. The topological polar surface area (TPSA) is 45.7 Å². The number of nitrogens with zero attached hydrogens (tertiary/aromatic N) is 3. The molecule has 0 unspecified atom stereocenters. The SMILES string of the molecule is CCN(C[C@@H]1CCCN(CCc2cccc(OC)c2)C1)C(=O)c1ccncc1. The number of ether oxygens (including phenoxy) is 1. The molecule has 1 fully saturated rings. The number of hydrogen-bond acceptors (Lipinski definition) is 4. The molecular weight excluding hydrogens is 350 g/mol. The molecule has 1 amide bonds. The van der Waals surface area contributed by atoms with Gasteiger partial charge in [0.15, 0.2) is 0 Å². The van der Waals surface area contributed by atoms with Crippen LogP contribution in [0.5, 0.6) is 5.75 Å². The molecule has 1 aromatic heterocycles. The fourth-order valence-electron chi connectivity index (χ4n) is 3.96. The van der Waals surface area contributed by atoms with Gasteiger partial charge >= 0.3 is 0 Å². The molecule has 0 spiro atoms. The van der Waals surface area contributed by atoms with Crippen LogP contribution < -0.4 is 4.74 Å². The van der Waals surface area contributed by atoms with Gasteiger partial charge in [0.2, 0.25) is 0 Å². The molecule has 1 aromatic carbocycles. The molecule has 28 heavy (non-hydrogen) atoms. The molecule has 0 radical (unpaired) electrons. The second-order valence-corrected chi connectivity index (χ2v) is 7.49. The lowest BCUT2D eigenvalue weighted by Gasteiger charge is -2.35. The Bertz CT molecular complexity index is 751. The Morgan fingerprint density at radius 2 is 2.11 bits per heavy atom. The predicted molar refractivity (Wildman–Crippen MR) is 112 cm³/mol. The second kappa shape index (κ2) is 10.2. The summed E-state index contributed by atoms with van der Waals surface area (Å²) >= 11 is 0. The van der Waals surface area contributed by atoms with Gasteiger partial charge in [0.05, 0.1) is 7.11 Å². The van der Waals surface area contributed by atoms with Crippen LogP contribution in [0.1, 0.15) is 35.7 Å². The summed E-state index contributed by atoms with van der Waals surface area (Å²) in [4.78, 5) is 21.3. The maximum Gasteiger partial charge on any atom is 0.253 e. The van der Waals surface area contributed by atoms with Crippen LogP contribution in [0.4, 0.5) is 0 Å². The average Bonchev–Trinajstić information content (AvgIpc) is 2.76. The number of likely N-dealkylation sites (tertiary alicyclic amines) is 1. The first-order valence-corrected chi connectivity index (χ1v) is 10.2. The Morgan fingerprint density at radius 1 is 1.29 bits per heavy atom. The van der Waals surface area contributed by atoms with Gasteiger partial charge in [-0.25, -0.2) is 0 Å². The molecule has 150 valence electrons. The van der Waals surface area contributed by atoms with Crippen molar-refractivity contribution in [2.24, 2.45) is 5.92 Å². The third-order valence-electron chi connectivity index (χ3n) is 5.53. The minimum absolute atomic E-state index is 0.110. The number of amides is 1. The standard InChI is InChI=1S/C23H31N3O2/c1-3-26(23(27)21-9-12-24-13-10-21)18-20-7-5-14-25(17-20)15-11-19-6-4-8-22(16-19)28-2/h4,6,8-10,12-13,16,20H,3,5,7,11,14-15,17-18H2,1-2H3/t20-/m1/s1. The lowest BCUT2D eigenvalue weighted by Crippen LogP contribution is -2.43. The first-order valence-electron chi connectivity index (χ1n) is 10.2. The monoisotopic (exact) mass is 381 g/mol. The van der Waals surface area contributed by atoms with Gasteiger partial charge in [-0.1, -0.05) is 12.1 Å². The average molecular weight is 382 g/mol. The fourth-order valence-corrected chi connectivity index (χ4v) is 3.96. The lowest BCUT2D eigenvalue weighted by atomic mass is 9.96. The number of benzene rings is 1. The van der Waals surface area contributed by atoms with E-state index in [0.29, 0.717) is 5.92 Å². The van der Waals surface area contributed by atoms with Crippen LogP contribution in [-0.2, 0) is 6.42 Å². The number of hydrogen-bond donors (Lipinski definition) is 0. The smallest absolute Gasteiger partial charge is 0.253 e. The molecule has 3 rings (SSSR count). The van der Waals surface area contributed by atoms with Gasteiger partial charge in [-0.2, -0.15) is 0 Å². The molecule has 2 aromatic rings. The maximum absolute atomic E-state index is 12.8. The molecule has 0 N–H and O–H groups in total. The van der Waals surface area contributed by atoms with E-state index in [0.717, 1.165) is 50.5 Å². The van der Waals surface area contributed by atoms with Crippen molar-refractivity contribution in [2.45, 2.75) is 26.2 Å². The van der Waals surface area contributed by atoms with Crippen molar-refractivity contribution in [1.29, 1.82) is 0 Å². The Hall–Kier alpha value is -2.40. The highest BCUT2D eigenvalue weighted by atomic mass is 16.5. The van der Waals surface area contributed by atoms with E-state index in [9.17, 15) is 4.79 Å². The van der Waals surface area contributed by atoms with Gasteiger partial charge in [-0.05, 0) is 68.5 Å². The van der Waals surface area contributed by atoms with Crippen LogP contribution in [0.2, 0.25) is 0 Å². The molecule has 5 nitrogen and oxygen atoms in total. The van der Waals surface area contributed by atoms with Crippen LogP contribution in [0.25, 0.3) is 0 Å². The third kappa shape index (κ3) is 5.55. The molecule has 1 atom stereocenters. The Balaban J connectivity index is 1.52. The highest BCUT2D eigenvalue weighted by molar-refractivity contribution is 5.94. The molecule has 1 aliphatic heterocycles. The van der Waals surface area contributed by atoms with Crippen LogP contribution in [0, 0.1) is 5.92 Å². The van der Waals surface area contributed by atoms with Gasteiger partial charge in [-0.3, -0.25) is 9.78 Å². The van der Waals surface area contributed by atoms with Crippen LogP contribution in [-0.4, -0.2) is 60.5 Å². The number of carbonyl (C=O) groups is 1. The van der Waals surface area contributed by atoms with E-state index >= 15 is 0 Å². The van der Waals surface area contributed by atoms with E-state index in [4.69, 9.17) is 4.74 Å². The van der Waals surface area contributed by atoms with Crippen molar-refractivity contribution in [3.8, 4) is 5.75 Å². The Labute approximate surface area is 168 Å². The number of rotatable bonds is 8. The summed E-state index contributed by atoms with van der Waals surface area (Å²) in [6, 6.07) is 11.9. The summed E-state index contributed by atoms with van der Waals surface area (Å²) < 4.78 is 5.32. The van der Waals surface area contributed by atoms with Gasteiger partial charge in [0.1, 0.15) is 5.75 Å². The summed E-state index contributed by atoms with van der Waals surface area (Å²) in [6.45, 7) is 6.88. The summed E-state index contributed by atoms with van der Waals surface area (Å²) in [6.07, 6.45) is 6.78. The highest BCUT2D eigenvalue weighted by Crippen LogP contribution is 2.20. The Kier molecular flexibility index (Phi) is 7.43. The summed E-state index contributed by atoms with van der Waals surface area (Å²) in [5.41, 5.74) is 2.03. The van der Waals surface area contributed by atoms with E-state index in [-0.39, 0.29) is 5.91 Å². The normalized spacial score (nSPS) is 17.3. The third-order valence-corrected chi connectivity index (χ3v) is 5.53. The van der Waals surface area contributed by atoms with Gasteiger partial charge in [0.25, 0.3) is 5.91 Å². The summed E-state index contributed by atoms with van der Waals surface area (Å²) in [5.74, 6) is 1.56. The summed E-state index contributed by atoms with van der Waals surface area (Å²) in [5, 5.41) is 0. The van der Waals surface area contributed by atoms with Crippen LogP contribution in [0.3, 0.4) is 0 Å². The van der Waals surface area contributed by atoms with Gasteiger partial charge in [-0.15, -0.1) is 0 Å². The number of piperidine rings is 1. The quantitative estimate of drug-likeness (QED) is 0.702. The predicted octanol–water partition coefficient (Wildman–Crippen LogP) is 3.51. The first-order chi connectivity index (χ1) is 13.7. The molecule has 0 bridgehead atoms. The fraction of sp³-hybridized carbons (Fsp3) is 0.478. The lowest BCUT2D eigenvalue weighted by molar-refractivity contribution is 0.0690. The minimum Gasteiger partial charge on any atom is -0.497 e. The molecule has 1 saturated heterocycles. The Morgan fingerprint density at radius 3 is 2.86 bits per heavy atom. The molecule has 0 saturated carbocycles. The van der Waals surface area contributed by atoms with Crippen molar-refractivity contribution in [3.63, 3.8) is 0 Å². The van der Waals surface area contributed by atoms with Crippen LogP contribution >= 0.6 is 0 Å². The van der Waals surface area contributed by atoms with E-state index in [2.05, 4.69) is 35.0 Å². The summed E-state index contributed by atoms with van der Waals surface area (Å²) in [7, 11) is 1.71. The number of pyridine rings is 1. The van der Waals surface area contributed by atoms with E-state index in [1.54, 1.807) is 31.6 Å². The molecule has 2 heterocycles. The van der Waals surface area contributed by atoms with Crippen molar-refractivity contribution in [3.05, 3.63) is 59.9 Å². The zero-order valence-corrected chi connectivity index (χ0v) is 17.0.